The molecule has 0 atom stereocenters. The third-order valence-corrected chi connectivity index (χ3v) is 3.24. The van der Waals surface area contributed by atoms with Gasteiger partial charge in [0.25, 0.3) is 5.91 Å². The van der Waals surface area contributed by atoms with Crippen LogP contribution < -0.4 is 15.9 Å². The molecule has 112 valence electrons. The van der Waals surface area contributed by atoms with Crippen LogP contribution in [0.1, 0.15) is 24.5 Å². The number of nitrogens with one attached hydrogen (secondary N) is 2. The Morgan fingerprint density at radius 2 is 1.90 bits per heavy atom. The zero-order valence-corrected chi connectivity index (χ0v) is 12.4. The monoisotopic (exact) mass is 289 g/mol. The Balaban J connectivity index is 2.09. The molecule has 1 aromatic heterocycles. The van der Waals surface area contributed by atoms with Crippen LogP contribution in [0.2, 0.25) is 0 Å². The quantitative estimate of drug-likeness (QED) is 0.866. The molecule has 0 aliphatic rings. The summed E-state index contributed by atoms with van der Waals surface area (Å²) in [5.74, 6) is -0.446. The number of carbonyl (C=O) groups excluding carboxylic acids is 1. The molecule has 1 heterocycles. The molecule has 0 saturated carbocycles. The highest BCUT2D eigenvalue weighted by Gasteiger charge is 2.12. The fourth-order valence-corrected chi connectivity index (χ4v) is 2.04. The SMILES string of the molecule is CCN(CC)c1ccc(NC(=O)c2nn(C)c(=O)[nH]2)cc1. The van der Waals surface area contributed by atoms with Crippen LogP contribution >= 0.6 is 0 Å². The fraction of sp³-hybridized carbons (Fsp3) is 0.357. The minimum Gasteiger partial charge on any atom is -0.372 e. The van der Waals surface area contributed by atoms with Gasteiger partial charge >= 0.3 is 5.69 Å². The van der Waals surface area contributed by atoms with Crippen LogP contribution in [-0.2, 0) is 7.05 Å². The van der Waals surface area contributed by atoms with Crippen molar-refractivity contribution in [1.29, 1.82) is 0 Å². The van der Waals surface area contributed by atoms with Crippen LogP contribution in [0.25, 0.3) is 0 Å². The number of nitrogens with zero attached hydrogens (tertiary/aromatic N) is 3. The Morgan fingerprint density at radius 3 is 2.38 bits per heavy atom. The van der Waals surface area contributed by atoms with Gasteiger partial charge in [0.2, 0.25) is 5.82 Å². The zero-order valence-electron chi connectivity index (χ0n) is 12.4. The molecule has 0 bridgehead atoms. The smallest absolute Gasteiger partial charge is 0.343 e. The summed E-state index contributed by atoms with van der Waals surface area (Å²) in [6.45, 7) is 6.04. The first kappa shape index (κ1) is 14.8. The maximum atomic E-state index is 11.9. The van der Waals surface area contributed by atoms with Gasteiger partial charge < -0.3 is 10.2 Å². The highest BCUT2D eigenvalue weighted by atomic mass is 16.2. The third-order valence-electron chi connectivity index (χ3n) is 3.24. The number of aryl methyl sites for hydroxylation is 1. The largest absolute Gasteiger partial charge is 0.372 e. The molecule has 0 spiro atoms. The number of anilines is 2. The van der Waals surface area contributed by atoms with Gasteiger partial charge in [0, 0.05) is 31.5 Å². The highest BCUT2D eigenvalue weighted by molar-refractivity contribution is 6.01. The normalized spacial score (nSPS) is 10.4. The van der Waals surface area contributed by atoms with E-state index in [2.05, 4.69) is 34.1 Å². The maximum Gasteiger partial charge on any atom is 0.343 e. The molecule has 21 heavy (non-hydrogen) atoms. The van der Waals surface area contributed by atoms with Crippen molar-refractivity contribution in [2.45, 2.75) is 13.8 Å². The molecule has 7 heteroatoms. The molecule has 2 rings (SSSR count). The minimum absolute atomic E-state index is 0.00433. The minimum atomic E-state index is -0.441. The van der Waals surface area contributed by atoms with E-state index in [0.29, 0.717) is 5.69 Å². The highest BCUT2D eigenvalue weighted by Crippen LogP contribution is 2.17. The number of carbonyl (C=O) groups is 1. The molecule has 0 aliphatic carbocycles. The number of aromatic amines is 1. The second kappa shape index (κ2) is 6.25. The molecule has 0 aliphatic heterocycles. The van der Waals surface area contributed by atoms with Gasteiger partial charge in [-0.05, 0) is 38.1 Å². The Morgan fingerprint density at radius 1 is 1.29 bits per heavy atom. The van der Waals surface area contributed by atoms with E-state index in [4.69, 9.17) is 0 Å². The van der Waals surface area contributed by atoms with Gasteiger partial charge in [0.15, 0.2) is 0 Å². The summed E-state index contributed by atoms with van der Waals surface area (Å²) < 4.78 is 1.08. The van der Waals surface area contributed by atoms with Crippen molar-refractivity contribution in [2.75, 3.05) is 23.3 Å². The summed E-state index contributed by atoms with van der Waals surface area (Å²) in [6, 6.07) is 7.55. The third kappa shape index (κ3) is 3.31. The Kier molecular flexibility index (Phi) is 4.42. The van der Waals surface area contributed by atoms with Crippen molar-refractivity contribution < 1.29 is 4.79 Å². The molecule has 2 N–H and O–H groups in total. The summed E-state index contributed by atoms with van der Waals surface area (Å²) in [4.78, 5) is 27.8. The molecule has 2 aromatic rings. The zero-order chi connectivity index (χ0) is 15.4. The summed E-state index contributed by atoms with van der Waals surface area (Å²) in [7, 11) is 1.48. The van der Waals surface area contributed by atoms with Crippen LogP contribution in [0.5, 0.6) is 0 Å². The Labute approximate surface area is 122 Å². The van der Waals surface area contributed by atoms with Crippen molar-refractivity contribution in [2.24, 2.45) is 7.05 Å². The lowest BCUT2D eigenvalue weighted by atomic mass is 10.2. The molecule has 0 unspecified atom stereocenters. The molecule has 7 nitrogen and oxygen atoms in total. The second-order valence-electron chi connectivity index (χ2n) is 4.58. The predicted molar refractivity (Wildman–Crippen MR) is 81.8 cm³/mol. The van der Waals surface area contributed by atoms with E-state index in [1.807, 2.05) is 24.3 Å². The lowest BCUT2D eigenvalue weighted by Crippen LogP contribution is -2.21. The number of rotatable bonds is 5. The number of hydrogen-bond donors (Lipinski definition) is 2. The first-order valence-electron chi connectivity index (χ1n) is 6.84. The lowest BCUT2D eigenvalue weighted by Gasteiger charge is -2.21. The van der Waals surface area contributed by atoms with E-state index in [9.17, 15) is 9.59 Å². The van der Waals surface area contributed by atoms with Crippen LogP contribution in [0, 0.1) is 0 Å². The molecule has 1 amide bonds. The van der Waals surface area contributed by atoms with Crippen molar-refractivity contribution in [3.8, 4) is 0 Å². The standard InChI is InChI=1S/C14H19N5O2/c1-4-19(5-2)11-8-6-10(7-9-11)15-13(20)12-16-14(21)18(3)17-12/h6-9H,4-5H2,1-3H3,(H,15,20)(H,16,17,21). The Bertz CT molecular complexity index is 667. The molecular weight excluding hydrogens is 270 g/mol. The van der Waals surface area contributed by atoms with E-state index < -0.39 is 11.6 Å². The van der Waals surface area contributed by atoms with Crippen molar-refractivity contribution in [3.63, 3.8) is 0 Å². The van der Waals surface area contributed by atoms with Crippen LogP contribution in [0.4, 0.5) is 11.4 Å². The molecular formula is C14H19N5O2. The summed E-state index contributed by atoms with van der Waals surface area (Å²) in [6.07, 6.45) is 0. The van der Waals surface area contributed by atoms with E-state index in [1.165, 1.54) is 7.05 Å². The van der Waals surface area contributed by atoms with E-state index in [-0.39, 0.29) is 5.82 Å². The summed E-state index contributed by atoms with van der Waals surface area (Å²) in [5.41, 5.74) is 1.34. The average molecular weight is 289 g/mol. The van der Waals surface area contributed by atoms with Crippen molar-refractivity contribution >= 4 is 17.3 Å². The van der Waals surface area contributed by atoms with E-state index in [1.54, 1.807) is 0 Å². The number of hydrogen-bond acceptors (Lipinski definition) is 4. The molecule has 0 saturated heterocycles. The van der Waals surface area contributed by atoms with Gasteiger partial charge in [-0.3, -0.25) is 9.78 Å². The van der Waals surface area contributed by atoms with Crippen LogP contribution in [0.3, 0.4) is 0 Å². The number of amides is 1. The average Bonchev–Trinajstić information content (AvgIpc) is 2.82. The lowest BCUT2D eigenvalue weighted by molar-refractivity contribution is 0.101. The topological polar surface area (TPSA) is 83.0 Å². The second-order valence-corrected chi connectivity index (χ2v) is 4.58. The molecule has 0 fully saturated rings. The predicted octanol–water partition coefficient (Wildman–Crippen LogP) is 1.21. The first-order chi connectivity index (χ1) is 10.0. The van der Waals surface area contributed by atoms with Gasteiger partial charge in [-0.2, -0.15) is 0 Å². The van der Waals surface area contributed by atoms with Crippen molar-refractivity contribution in [3.05, 3.63) is 40.6 Å². The van der Waals surface area contributed by atoms with Gasteiger partial charge in [-0.1, -0.05) is 0 Å². The van der Waals surface area contributed by atoms with Crippen LogP contribution in [0.15, 0.2) is 29.1 Å². The van der Waals surface area contributed by atoms with E-state index in [0.717, 1.165) is 23.5 Å². The number of H-pyrrole nitrogens is 1. The molecule has 0 radical (unpaired) electrons. The number of aromatic nitrogens is 3. The van der Waals surface area contributed by atoms with Gasteiger partial charge in [-0.15, -0.1) is 5.10 Å². The van der Waals surface area contributed by atoms with Gasteiger partial charge in [-0.25, -0.2) is 9.48 Å². The first-order valence-corrected chi connectivity index (χ1v) is 6.84. The molecule has 1 aromatic carbocycles. The van der Waals surface area contributed by atoms with Gasteiger partial charge in [0.05, 0.1) is 0 Å². The summed E-state index contributed by atoms with van der Waals surface area (Å²) in [5, 5.41) is 6.50. The van der Waals surface area contributed by atoms with Crippen molar-refractivity contribution in [1.82, 2.24) is 14.8 Å². The van der Waals surface area contributed by atoms with Crippen LogP contribution in [-0.4, -0.2) is 33.8 Å². The summed E-state index contributed by atoms with van der Waals surface area (Å²) >= 11 is 0. The maximum absolute atomic E-state index is 11.9. The van der Waals surface area contributed by atoms with Gasteiger partial charge in [0.1, 0.15) is 0 Å². The number of benzene rings is 1. The Hall–Kier alpha value is -2.57. The van der Waals surface area contributed by atoms with E-state index >= 15 is 0 Å². The fourth-order valence-electron chi connectivity index (χ4n) is 2.04.